The first-order valence-corrected chi connectivity index (χ1v) is 7.04. The van der Waals surface area contributed by atoms with E-state index in [0.29, 0.717) is 30.2 Å². The lowest BCUT2D eigenvalue weighted by Gasteiger charge is -2.37. The molecule has 100 valence electrons. The molecule has 0 aromatic rings. The van der Waals surface area contributed by atoms with E-state index in [1.165, 1.54) is 6.42 Å². The largest absolute Gasteiger partial charge is 0.341 e. The van der Waals surface area contributed by atoms with Crippen LogP contribution in [-0.4, -0.2) is 36.5 Å². The van der Waals surface area contributed by atoms with Gasteiger partial charge in [-0.15, -0.1) is 0 Å². The van der Waals surface area contributed by atoms with Gasteiger partial charge in [0.05, 0.1) is 0 Å². The molecule has 1 amide bonds. The van der Waals surface area contributed by atoms with Crippen LogP contribution in [0.15, 0.2) is 0 Å². The molecule has 3 nitrogen and oxygen atoms in total. The standard InChI is InChI=1S/C14H28N2O/c1-5-6-15-13-8-12(4)9-16(10-13)14(17)7-11(2)3/h11-13,15H,5-10H2,1-4H3. The van der Waals surface area contributed by atoms with E-state index in [9.17, 15) is 4.79 Å². The van der Waals surface area contributed by atoms with Crippen molar-refractivity contribution in [2.45, 2.75) is 53.0 Å². The first kappa shape index (κ1) is 14.5. The number of amides is 1. The number of carbonyl (C=O) groups excluding carboxylic acids is 1. The highest BCUT2D eigenvalue weighted by Gasteiger charge is 2.27. The Morgan fingerprint density at radius 3 is 2.71 bits per heavy atom. The molecule has 0 spiro atoms. The molecule has 0 bridgehead atoms. The van der Waals surface area contributed by atoms with E-state index < -0.39 is 0 Å². The molecule has 3 heteroatoms. The number of hydrogen-bond acceptors (Lipinski definition) is 2. The molecule has 2 atom stereocenters. The summed E-state index contributed by atoms with van der Waals surface area (Å²) in [6.07, 6.45) is 3.05. The second-order valence-electron chi connectivity index (χ2n) is 5.89. The number of nitrogens with one attached hydrogen (secondary N) is 1. The van der Waals surface area contributed by atoms with E-state index >= 15 is 0 Å². The predicted octanol–water partition coefficient (Wildman–Crippen LogP) is 2.27. The third-order valence-corrected chi connectivity index (χ3v) is 3.28. The lowest BCUT2D eigenvalue weighted by molar-refractivity contribution is -0.134. The summed E-state index contributed by atoms with van der Waals surface area (Å²) in [5, 5.41) is 3.55. The monoisotopic (exact) mass is 240 g/mol. The topological polar surface area (TPSA) is 32.3 Å². The van der Waals surface area contributed by atoms with Gasteiger partial charge in [-0.3, -0.25) is 4.79 Å². The second kappa shape index (κ2) is 7.00. The van der Waals surface area contributed by atoms with Gasteiger partial charge in [0.25, 0.3) is 0 Å². The molecule has 1 N–H and O–H groups in total. The van der Waals surface area contributed by atoms with Crippen molar-refractivity contribution < 1.29 is 4.79 Å². The van der Waals surface area contributed by atoms with Crippen LogP contribution >= 0.6 is 0 Å². The van der Waals surface area contributed by atoms with Crippen LogP contribution < -0.4 is 5.32 Å². The van der Waals surface area contributed by atoms with Crippen LogP contribution in [0, 0.1) is 11.8 Å². The van der Waals surface area contributed by atoms with Gasteiger partial charge in [-0.2, -0.15) is 0 Å². The Balaban J connectivity index is 2.46. The fraction of sp³-hybridized carbons (Fsp3) is 0.929. The molecule has 1 fully saturated rings. The Labute approximate surface area is 106 Å². The van der Waals surface area contributed by atoms with E-state index in [1.54, 1.807) is 0 Å². The van der Waals surface area contributed by atoms with E-state index in [4.69, 9.17) is 0 Å². The van der Waals surface area contributed by atoms with E-state index in [-0.39, 0.29) is 0 Å². The van der Waals surface area contributed by atoms with E-state index in [0.717, 1.165) is 26.1 Å². The molecule has 0 aromatic carbocycles. The molecule has 0 aliphatic carbocycles. The molecular formula is C14H28N2O. The van der Waals surface area contributed by atoms with Gasteiger partial charge in [0, 0.05) is 25.6 Å². The Morgan fingerprint density at radius 2 is 2.12 bits per heavy atom. The average molecular weight is 240 g/mol. The van der Waals surface area contributed by atoms with E-state index in [2.05, 4.69) is 37.9 Å². The number of likely N-dealkylation sites (tertiary alicyclic amines) is 1. The Morgan fingerprint density at radius 1 is 1.41 bits per heavy atom. The van der Waals surface area contributed by atoms with Crippen LogP contribution in [0.25, 0.3) is 0 Å². The summed E-state index contributed by atoms with van der Waals surface area (Å²) in [6, 6.07) is 0.495. The molecule has 1 aliphatic heterocycles. The summed E-state index contributed by atoms with van der Waals surface area (Å²) >= 11 is 0. The van der Waals surface area contributed by atoms with Crippen molar-refractivity contribution in [3.8, 4) is 0 Å². The van der Waals surface area contributed by atoms with Crippen LogP contribution in [0.2, 0.25) is 0 Å². The number of hydrogen-bond donors (Lipinski definition) is 1. The summed E-state index contributed by atoms with van der Waals surface area (Å²) in [7, 11) is 0. The van der Waals surface area contributed by atoms with Gasteiger partial charge in [0.15, 0.2) is 0 Å². The Hall–Kier alpha value is -0.570. The van der Waals surface area contributed by atoms with Gasteiger partial charge in [0.2, 0.25) is 5.91 Å². The molecular weight excluding hydrogens is 212 g/mol. The molecule has 1 heterocycles. The fourth-order valence-corrected chi connectivity index (χ4v) is 2.53. The van der Waals surface area contributed by atoms with Crippen molar-refractivity contribution in [1.82, 2.24) is 10.2 Å². The Kier molecular flexibility index (Phi) is 5.96. The van der Waals surface area contributed by atoms with Crippen molar-refractivity contribution >= 4 is 5.91 Å². The fourth-order valence-electron chi connectivity index (χ4n) is 2.53. The van der Waals surface area contributed by atoms with Crippen LogP contribution in [0.1, 0.15) is 47.0 Å². The molecule has 1 rings (SSSR count). The SMILES string of the molecule is CCCNC1CC(C)CN(C(=O)CC(C)C)C1. The lowest BCUT2D eigenvalue weighted by Crippen LogP contribution is -2.51. The summed E-state index contributed by atoms with van der Waals surface area (Å²) in [5.74, 6) is 1.41. The van der Waals surface area contributed by atoms with Crippen molar-refractivity contribution in [3.63, 3.8) is 0 Å². The van der Waals surface area contributed by atoms with E-state index in [1.807, 2.05) is 0 Å². The first-order valence-electron chi connectivity index (χ1n) is 7.04. The maximum absolute atomic E-state index is 12.1. The van der Waals surface area contributed by atoms with Crippen LogP contribution in [-0.2, 0) is 4.79 Å². The summed E-state index contributed by atoms with van der Waals surface area (Å²) in [5.41, 5.74) is 0. The van der Waals surface area contributed by atoms with Crippen LogP contribution in [0.4, 0.5) is 0 Å². The summed E-state index contributed by atoms with van der Waals surface area (Å²) in [4.78, 5) is 14.1. The van der Waals surface area contributed by atoms with Gasteiger partial charge < -0.3 is 10.2 Å². The van der Waals surface area contributed by atoms with Crippen LogP contribution in [0.3, 0.4) is 0 Å². The highest BCUT2D eigenvalue weighted by molar-refractivity contribution is 5.76. The normalized spacial score (nSPS) is 25.4. The van der Waals surface area contributed by atoms with Gasteiger partial charge >= 0.3 is 0 Å². The minimum atomic E-state index is 0.329. The van der Waals surface area contributed by atoms with Crippen molar-refractivity contribution in [3.05, 3.63) is 0 Å². The van der Waals surface area contributed by atoms with Gasteiger partial charge in [-0.05, 0) is 31.2 Å². The highest BCUT2D eigenvalue weighted by atomic mass is 16.2. The van der Waals surface area contributed by atoms with Gasteiger partial charge in [0.1, 0.15) is 0 Å². The van der Waals surface area contributed by atoms with Crippen molar-refractivity contribution in [2.24, 2.45) is 11.8 Å². The minimum Gasteiger partial charge on any atom is -0.341 e. The number of piperidine rings is 1. The molecule has 2 unspecified atom stereocenters. The minimum absolute atomic E-state index is 0.329. The van der Waals surface area contributed by atoms with Gasteiger partial charge in [-0.1, -0.05) is 27.7 Å². The zero-order chi connectivity index (χ0) is 12.8. The number of rotatable bonds is 5. The summed E-state index contributed by atoms with van der Waals surface area (Å²) < 4.78 is 0. The maximum atomic E-state index is 12.1. The molecule has 17 heavy (non-hydrogen) atoms. The third kappa shape index (κ3) is 5.07. The van der Waals surface area contributed by atoms with Gasteiger partial charge in [-0.25, -0.2) is 0 Å². The Bertz CT molecular complexity index is 240. The quantitative estimate of drug-likeness (QED) is 0.799. The van der Waals surface area contributed by atoms with Crippen LogP contribution in [0.5, 0.6) is 0 Å². The zero-order valence-electron chi connectivity index (χ0n) is 11.8. The predicted molar refractivity (Wildman–Crippen MR) is 71.9 cm³/mol. The van der Waals surface area contributed by atoms with Crippen molar-refractivity contribution in [2.75, 3.05) is 19.6 Å². The summed E-state index contributed by atoms with van der Waals surface area (Å²) in [6.45, 7) is 11.5. The lowest BCUT2D eigenvalue weighted by atomic mass is 9.95. The molecule has 1 saturated heterocycles. The first-order chi connectivity index (χ1) is 8.02. The average Bonchev–Trinajstić information content (AvgIpc) is 2.24. The smallest absolute Gasteiger partial charge is 0.222 e. The van der Waals surface area contributed by atoms with Crippen molar-refractivity contribution in [1.29, 1.82) is 0 Å². The molecule has 0 saturated carbocycles. The maximum Gasteiger partial charge on any atom is 0.222 e. The molecule has 0 aromatic heterocycles. The number of nitrogens with zero attached hydrogens (tertiary/aromatic N) is 1. The molecule has 1 aliphatic rings. The second-order valence-corrected chi connectivity index (χ2v) is 5.89. The highest BCUT2D eigenvalue weighted by Crippen LogP contribution is 2.18. The number of carbonyl (C=O) groups is 1. The zero-order valence-corrected chi connectivity index (χ0v) is 11.8. The molecule has 0 radical (unpaired) electrons. The third-order valence-electron chi connectivity index (χ3n) is 3.28.